The molecule has 0 aromatic rings. The van der Waals surface area contributed by atoms with E-state index in [1.54, 1.807) is 20.8 Å². The van der Waals surface area contributed by atoms with Gasteiger partial charge in [0.05, 0.1) is 5.60 Å². The Morgan fingerprint density at radius 1 is 1.56 bits per heavy atom. The fourth-order valence-corrected chi connectivity index (χ4v) is 0.493. The quantitative estimate of drug-likeness (QED) is 0.558. The van der Waals surface area contributed by atoms with Gasteiger partial charge in [-0.1, -0.05) is 0 Å². The van der Waals surface area contributed by atoms with Crippen LogP contribution in [0, 0.1) is 5.41 Å². The Hall–Kier alpha value is -0.370. The molecule has 0 aromatic carbocycles. The van der Waals surface area contributed by atoms with E-state index in [4.69, 9.17) is 10.5 Å². The van der Waals surface area contributed by atoms with Gasteiger partial charge in [-0.05, 0) is 33.6 Å². The molecule has 2 nitrogen and oxygen atoms in total. The molecule has 9 heavy (non-hydrogen) atoms. The number of hydrogen-bond acceptors (Lipinski definition) is 2. The second-order valence-electron chi connectivity index (χ2n) is 3.09. The Bertz CT molecular complexity index is 102. The summed E-state index contributed by atoms with van der Waals surface area (Å²) in [6.07, 6.45) is 1.38. The van der Waals surface area contributed by atoms with E-state index in [2.05, 4.69) is 0 Å². The number of hydrogen-bond donors (Lipinski definition) is 2. The van der Waals surface area contributed by atoms with E-state index in [1.807, 2.05) is 0 Å². The molecule has 0 saturated carbocycles. The predicted octanol–water partition coefficient (Wildman–Crippen LogP) is 1.58. The van der Waals surface area contributed by atoms with Crippen LogP contribution >= 0.6 is 0 Å². The summed E-state index contributed by atoms with van der Waals surface area (Å²) in [7, 11) is 0. The van der Waals surface area contributed by atoms with E-state index in [0.29, 0.717) is 18.6 Å². The van der Waals surface area contributed by atoms with Crippen molar-refractivity contribution in [2.45, 2.75) is 39.2 Å². The van der Waals surface area contributed by atoms with Crippen molar-refractivity contribution in [2.75, 3.05) is 0 Å². The van der Waals surface area contributed by atoms with Crippen molar-refractivity contribution in [1.29, 1.82) is 5.41 Å². The lowest BCUT2D eigenvalue weighted by atomic mass is 10.0. The van der Waals surface area contributed by atoms with Gasteiger partial charge in [-0.3, -0.25) is 0 Å². The van der Waals surface area contributed by atoms with Gasteiger partial charge in [-0.2, -0.15) is 0 Å². The van der Waals surface area contributed by atoms with Gasteiger partial charge in [0.15, 0.2) is 0 Å². The highest BCUT2D eigenvalue weighted by molar-refractivity contribution is 5.78. The van der Waals surface area contributed by atoms with Crippen LogP contribution in [0.5, 0.6) is 0 Å². The van der Waals surface area contributed by atoms with Gasteiger partial charge in [-0.25, -0.2) is 0 Å². The average Bonchev–Trinajstić information content (AvgIpc) is 1.59. The fourth-order valence-electron chi connectivity index (χ4n) is 0.493. The molecule has 0 spiro atoms. The Morgan fingerprint density at radius 3 is 2.11 bits per heavy atom. The maximum atomic E-state index is 9.17. The summed E-state index contributed by atoms with van der Waals surface area (Å²) in [5, 5.41) is 16.2. The standard InChI is InChI=1S/C7H15NO/c1-6(8)4-5-7(2,3)9/h8-9H,4-5H2,1-3H3. The summed E-state index contributed by atoms with van der Waals surface area (Å²) in [5.41, 5.74) is 0.0274. The molecule has 2 N–H and O–H groups in total. The van der Waals surface area contributed by atoms with E-state index in [0.717, 1.165) is 0 Å². The summed E-state index contributed by atoms with van der Waals surface area (Å²) in [5.74, 6) is 0. The average molecular weight is 129 g/mol. The zero-order chi connectivity index (χ0) is 7.49. The van der Waals surface area contributed by atoms with Gasteiger partial charge in [0.2, 0.25) is 0 Å². The zero-order valence-electron chi connectivity index (χ0n) is 6.36. The SMILES string of the molecule is CC(=N)CCC(C)(C)O. The van der Waals surface area contributed by atoms with E-state index in [9.17, 15) is 0 Å². The first-order chi connectivity index (χ1) is 3.92. The molecule has 0 amide bonds. The molecule has 0 fully saturated rings. The Kier molecular flexibility index (Phi) is 2.85. The van der Waals surface area contributed by atoms with Crippen LogP contribution in [0.4, 0.5) is 0 Å². The molecule has 0 aromatic heterocycles. The van der Waals surface area contributed by atoms with E-state index in [1.165, 1.54) is 0 Å². The molecular formula is C7H15NO. The molecule has 0 atom stereocenters. The lowest BCUT2D eigenvalue weighted by Gasteiger charge is -2.15. The van der Waals surface area contributed by atoms with Crippen LogP contribution in [-0.2, 0) is 0 Å². The highest BCUT2D eigenvalue weighted by atomic mass is 16.3. The maximum absolute atomic E-state index is 9.17. The molecule has 54 valence electrons. The summed E-state index contributed by atoms with van der Waals surface area (Å²) < 4.78 is 0. The van der Waals surface area contributed by atoms with Crippen molar-refractivity contribution in [1.82, 2.24) is 0 Å². The van der Waals surface area contributed by atoms with Crippen LogP contribution in [0.1, 0.15) is 33.6 Å². The van der Waals surface area contributed by atoms with Gasteiger partial charge in [0, 0.05) is 5.71 Å². The van der Waals surface area contributed by atoms with Crippen LogP contribution in [0.3, 0.4) is 0 Å². The molecule has 0 radical (unpaired) electrons. The van der Waals surface area contributed by atoms with Crippen LogP contribution in [-0.4, -0.2) is 16.4 Å². The molecule has 0 saturated heterocycles. The van der Waals surface area contributed by atoms with Crippen molar-refractivity contribution in [3.05, 3.63) is 0 Å². The van der Waals surface area contributed by atoms with Gasteiger partial charge < -0.3 is 10.5 Å². The third kappa shape index (κ3) is 7.63. The van der Waals surface area contributed by atoms with Crippen molar-refractivity contribution in [3.8, 4) is 0 Å². The number of nitrogens with one attached hydrogen (secondary N) is 1. The normalized spacial score (nSPS) is 11.6. The van der Waals surface area contributed by atoms with Gasteiger partial charge in [-0.15, -0.1) is 0 Å². The first-order valence-corrected chi connectivity index (χ1v) is 3.18. The van der Waals surface area contributed by atoms with Crippen LogP contribution in [0.15, 0.2) is 0 Å². The molecule has 0 aliphatic heterocycles. The smallest absolute Gasteiger partial charge is 0.0595 e. The van der Waals surface area contributed by atoms with E-state index < -0.39 is 5.60 Å². The minimum atomic E-state index is -0.609. The number of aliphatic hydroxyl groups is 1. The lowest BCUT2D eigenvalue weighted by Crippen LogP contribution is -2.18. The second kappa shape index (κ2) is 2.97. The van der Waals surface area contributed by atoms with E-state index >= 15 is 0 Å². The molecule has 0 heterocycles. The highest BCUT2D eigenvalue weighted by Gasteiger charge is 2.11. The molecule has 0 aliphatic rings. The molecule has 2 heteroatoms. The van der Waals surface area contributed by atoms with Crippen LogP contribution in [0.2, 0.25) is 0 Å². The molecule has 0 bridgehead atoms. The van der Waals surface area contributed by atoms with Gasteiger partial charge in [0.25, 0.3) is 0 Å². The Balaban J connectivity index is 3.39. The second-order valence-corrected chi connectivity index (χ2v) is 3.09. The predicted molar refractivity (Wildman–Crippen MR) is 38.9 cm³/mol. The first kappa shape index (κ1) is 8.63. The lowest BCUT2D eigenvalue weighted by molar-refractivity contribution is 0.0732. The van der Waals surface area contributed by atoms with E-state index in [-0.39, 0.29) is 0 Å². The first-order valence-electron chi connectivity index (χ1n) is 3.18. The zero-order valence-corrected chi connectivity index (χ0v) is 6.36. The van der Waals surface area contributed by atoms with Gasteiger partial charge in [0.1, 0.15) is 0 Å². The third-order valence-corrected chi connectivity index (χ3v) is 1.11. The topological polar surface area (TPSA) is 44.1 Å². The fraction of sp³-hybridized carbons (Fsp3) is 0.857. The van der Waals surface area contributed by atoms with Crippen molar-refractivity contribution < 1.29 is 5.11 Å². The van der Waals surface area contributed by atoms with Crippen molar-refractivity contribution in [2.24, 2.45) is 0 Å². The largest absolute Gasteiger partial charge is 0.390 e. The summed E-state index contributed by atoms with van der Waals surface area (Å²) in [6, 6.07) is 0. The maximum Gasteiger partial charge on any atom is 0.0595 e. The van der Waals surface area contributed by atoms with Crippen LogP contribution < -0.4 is 0 Å². The molecule has 0 aliphatic carbocycles. The molecular weight excluding hydrogens is 114 g/mol. The van der Waals surface area contributed by atoms with Crippen molar-refractivity contribution >= 4 is 5.71 Å². The third-order valence-electron chi connectivity index (χ3n) is 1.11. The molecule has 0 rings (SSSR count). The van der Waals surface area contributed by atoms with Gasteiger partial charge >= 0.3 is 0 Å². The van der Waals surface area contributed by atoms with Crippen molar-refractivity contribution in [3.63, 3.8) is 0 Å². The Morgan fingerprint density at radius 2 is 2.00 bits per heavy atom. The molecule has 0 unspecified atom stereocenters. The minimum absolute atomic E-state index is 0.609. The Labute approximate surface area is 56.4 Å². The summed E-state index contributed by atoms with van der Waals surface area (Å²) in [4.78, 5) is 0. The monoisotopic (exact) mass is 129 g/mol. The minimum Gasteiger partial charge on any atom is -0.390 e. The highest BCUT2D eigenvalue weighted by Crippen LogP contribution is 2.09. The van der Waals surface area contributed by atoms with Crippen LogP contribution in [0.25, 0.3) is 0 Å². The number of rotatable bonds is 3. The summed E-state index contributed by atoms with van der Waals surface area (Å²) >= 11 is 0. The summed E-state index contributed by atoms with van der Waals surface area (Å²) in [6.45, 7) is 5.28.